The number of piperidine rings is 1. The van der Waals surface area contributed by atoms with Crippen LogP contribution in [0.15, 0.2) is 59.5 Å². The van der Waals surface area contributed by atoms with Crippen molar-refractivity contribution < 1.29 is 13.2 Å². The van der Waals surface area contributed by atoms with Gasteiger partial charge >= 0.3 is 0 Å². The number of benzene rings is 2. The standard InChI is InChI=1S/C20H21NO3S.ClH/c1-25(22,23)16-8-6-15(7-9-16)18-14-20(10-12-21-13-11-20)24-19-5-3-2-4-17(18)19;/h2-9,14,21H,10-13H2,1H3;1H. The van der Waals surface area contributed by atoms with Crippen LogP contribution in [0.5, 0.6) is 5.75 Å². The number of fused-ring (bicyclic) bond motifs is 1. The van der Waals surface area contributed by atoms with Crippen molar-refractivity contribution in [3.8, 4) is 5.75 Å². The second-order valence-corrected chi connectivity index (χ2v) is 8.78. The van der Waals surface area contributed by atoms with Crippen LogP contribution in [0.25, 0.3) is 5.57 Å². The molecule has 1 fully saturated rings. The number of sulfone groups is 1. The van der Waals surface area contributed by atoms with E-state index in [0.29, 0.717) is 4.90 Å². The van der Waals surface area contributed by atoms with Gasteiger partial charge in [-0.1, -0.05) is 30.3 Å². The van der Waals surface area contributed by atoms with Gasteiger partial charge in [-0.05, 0) is 48.5 Å². The number of halogens is 1. The summed E-state index contributed by atoms with van der Waals surface area (Å²) < 4.78 is 29.8. The Morgan fingerprint density at radius 1 is 1.00 bits per heavy atom. The number of ether oxygens (including phenoxy) is 1. The number of hydrogen-bond donors (Lipinski definition) is 1. The van der Waals surface area contributed by atoms with E-state index >= 15 is 0 Å². The predicted molar refractivity (Wildman–Crippen MR) is 106 cm³/mol. The van der Waals surface area contributed by atoms with Crippen molar-refractivity contribution in [1.82, 2.24) is 5.32 Å². The van der Waals surface area contributed by atoms with E-state index in [4.69, 9.17) is 4.74 Å². The Bertz CT molecular complexity index is 930. The second-order valence-electron chi connectivity index (χ2n) is 6.77. The van der Waals surface area contributed by atoms with E-state index < -0.39 is 9.84 Å². The fraction of sp³-hybridized carbons (Fsp3) is 0.300. The van der Waals surface area contributed by atoms with Crippen LogP contribution in [0.3, 0.4) is 0 Å². The van der Waals surface area contributed by atoms with E-state index in [1.807, 2.05) is 30.3 Å². The van der Waals surface area contributed by atoms with Gasteiger partial charge in [-0.2, -0.15) is 0 Å². The van der Waals surface area contributed by atoms with Gasteiger partial charge in [-0.3, -0.25) is 0 Å². The van der Waals surface area contributed by atoms with E-state index in [1.54, 1.807) is 12.1 Å². The highest BCUT2D eigenvalue weighted by Gasteiger charge is 2.36. The first kappa shape index (κ1) is 19.0. The zero-order chi connectivity index (χ0) is 17.5. The van der Waals surface area contributed by atoms with Gasteiger partial charge in [0.05, 0.1) is 4.90 Å². The van der Waals surface area contributed by atoms with Gasteiger partial charge in [0.15, 0.2) is 9.84 Å². The zero-order valence-electron chi connectivity index (χ0n) is 14.6. The van der Waals surface area contributed by atoms with Crippen molar-refractivity contribution >= 4 is 27.8 Å². The normalized spacial score (nSPS) is 18.3. The van der Waals surface area contributed by atoms with Crippen molar-refractivity contribution in [2.45, 2.75) is 23.3 Å². The zero-order valence-corrected chi connectivity index (χ0v) is 16.2. The molecule has 2 aromatic rings. The van der Waals surface area contributed by atoms with Gasteiger partial charge in [0.1, 0.15) is 11.4 Å². The summed E-state index contributed by atoms with van der Waals surface area (Å²) >= 11 is 0. The summed E-state index contributed by atoms with van der Waals surface area (Å²) in [5.41, 5.74) is 2.90. The average Bonchev–Trinajstić information content (AvgIpc) is 2.61. The molecule has 1 saturated heterocycles. The number of nitrogens with one attached hydrogen (secondary N) is 1. The molecule has 2 aliphatic rings. The topological polar surface area (TPSA) is 55.4 Å². The van der Waals surface area contributed by atoms with Crippen molar-refractivity contribution in [2.24, 2.45) is 0 Å². The molecule has 0 aliphatic carbocycles. The molecule has 4 nitrogen and oxygen atoms in total. The third kappa shape index (κ3) is 3.52. The second kappa shape index (κ2) is 7.06. The number of para-hydroxylation sites is 1. The molecule has 4 rings (SSSR count). The van der Waals surface area contributed by atoms with Crippen molar-refractivity contribution in [3.63, 3.8) is 0 Å². The van der Waals surface area contributed by atoms with Crippen molar-refractivity contribution in [3.05, 3.63) is 65.7 Å². The fourth-order valence-electron chi connectivity index (χ4n) is 3.58. The molecule has 0 amide bonds. The Morgan fingerprint density at radius 2 is 1.65 bits per heavy atom. The maximum Gasteiger partial charge on any atom is 0.175 e. The van der Waals surface area contributed by atoms with Crippen LogP contribution in [0, 0.1) is 0 Å². The Balaban J connectivity index is 0.00000196. The summed E-state index contributed by atoms with van der Waals surface area (Å²) in [5, 5.41) is 3.38. The Morgan fingerprint density at radius 3 is 2.31 bits per heavy atom. The average molecular weight is 392 g/mol. The molecule has 0 bridgehead atoms. The van der Waals surface area contributed by atoms with Crippen LogP contribution in [0.2, 0.25) is 0 Å². The van der Waals surface area contributed by atoms with Crippen molar-refractivity contribution in [2.75, 3.05) is 19.3 Å². The SMILES string of the molecule is CS(=O)(=O)c1ccc(C2=CC3(CCNCC3)Oc3ccccc32)cc1.Cl. The maximum atomic E-state index is 11.7. The summed E-state index contributed by atoms with van der Waals surface area (Å²) in [5.74, 6) is 0.897. The number of hydrogen-bond acceptors (Lipinski definition) is 4. The third-order valence-electron chi connectivity index (χ3n) is 4.94. The Kier molecular flexibility index (Phi) is 5.15. The largest absolute Gasteiger partial charge is 0.482 e. The lowest BCUT2D eigenvalue weighted by molar-refractivity contribution is 0.0817. The van der Waals surface area contributed by atoms with Crippen LogP contribution in [-0.2, 0) is 9.84 Å². The molecule has 1 N–H and O–H groups in total. The molecule has 0 unspecified atom stereocenters. The van der Waals surface area contributed by atoms with E-state index in [1.165, 1.54) is 6.26 Å². The van der Waals surface area contributed by atoms with Gasteiger partial charge in [0.2, 0.25) is 0 Å². The first-order valence-electron chi connectivity index (χ1n) is 8.49. The highest BCUT2D eigenvalue weighted by Crippen LogP contribution is 2.42. The van der Waals surface area contributed by atoms with Crippen molar-refractivity contribution in [1.29, 1.82) is 0 Å². The summed E-state index contributed by atoms with van der Waals surface area (Å²) in [6.07, 6.45) is 5.30. The first-order chi connectivity index (χ1) is 12.0. The Labute approximate surface area is 160 Å². The highest BCUT2D eigenvalue weighted by molar-refractivity contribution is 7.90. The lowest BCUT2D eigenvalue weighted by Crippen LogP contribution is -2.46. The van der Waals surface area contributed by atoms with Crippen LogP contribution in [0.1, 0.15) is 24.0 Å². The van der Waals surface area contributed by atoms with Crippen LogP contribution in [-0.4, -0.2) is 33.4 Å². The van der Waals surface area contributed by atoms with Gasteiger partial charge in [-0.25, -0.2) is 8.42 Å². The van der Waals surface area contributed by atoms with Gasteiger partial charge in [-0.15, -0.1) is 12.4 Å². The molecule has 6 heteroatoms. The third-order valence-corrected chi connectivity index (χ3v) is 6.07. The lowest BCUT2D eigenvalue weighted by Gasteiger charge is -2.40. The minimum atomic E-state index is -3.19. The molecule has 0 saturated carbocycles. The summed E-state index contributed by atoms with van der Waals surface area (Å²) in [4.78, 5) is 0.341. The molecule has 26 heavy (non-hydrogen) atoms. The molecule has 0 radical (unpaired) electrons. The van der Waals surface area contributed by atoms with Gasteiger partial charge < -0.3 is 10.1 Å². The summed E-state index contributed by atoms with van der Waals surface area (Å²) in [6.45, 7) is 1.86. The minimum Gasteiger partial charge on any atom is -0.482 e. The van der Waals surface area contributed by atoms with Gasteiger partial charge in [0, 0.05) is 24.7 Å². The van der Waals surface area contributed by atoms with Crippen LogP contribution < -0.4 is 10.1 Å². The van der Waals surface area contributed by atoms with Gasteiger partial charge in [0.25, 0.3) is 0 Å². The molecule has 2 heterocycles. The summed E-state index contributed by atoms with van der Waals surface area (Å²) in [6, 6.07) is 15.2. The maximum absolute atomic E-state index is 11.7. The Hall–Kier alpha value is -1.82. The van der Waals surface area contributed by atoms with E-state index in [2.05, 4.69) is 17.5 Å². The molecule has 2 aliphatic heterocycles. The number of rotatable bonds is 2. The molecular weight excluding hydrogens is 370 g/mol. The first-order valence-corrected chi connectivity index (χ1v) is 10.4. The van der Waals surface area contributed by atoms with E-state index in [9.17, 15) is 8.42 Å². The predicted octanol–water partition coefficient (Wildman–Crippen LogP) is 3.46. The van der Waals surface area contributed by atoms with E-state index in [0.717, 1.165) is 48.4 Å². The lowest BCUT2D eigenvalue weighted by atomic mass is 9.83. The van der Waals surface area contributed by atoms with Crippen LogP contribution in [0.4, 0.5) is 0 Å². The molecule has 2 aromatic carbocycles. The molecule has 138 valence electrons. The fourth-order valence-corrected chi connectivity index (χ4v) is 4.21. The molecular formula is C20H22ClNO3S. The molecule has 1 spiro atoms. The smallest absolute Gasteiger partial charge is 0.175 e. The quantitative estimate of drug-likeness (QED) is 0.851. The highest BCUT2D eigenvalue weighted by atomic mass is 35.5. The van der Waals surface area contributed by atoms with E-state index in [-0.39, 0.29) is 18.0 Å². The monoisotopic (exact) mass is 391 g/mol. The summed E-state index contributed by atoms with van der Waals surface area (Å²) in [7, 11) is -3.19. The molecule has 0 atom stereocenters. The molecule has 0 aromatic heterocycles. The van der Waals surface area contributed by atoms with Crippen LogP contribution >= 0.6 is 12.4 Å². The minimum absolute atomic E-state index is 0.